The SMILES string of the molecule is CC(=O)c1ccccc1OC(=O)c1cccc(N2C(=O)[C@@H]3[C@H]4CC[C@@H](C4)[C@@H]3C2=O)c1. The predicted molar refractivity (Wildman–Crippen MR) is 108 cm³/mol. The van der Waals surface area contributed by atoms with E-state index < -0.39 is 5.97 Å². The van der Waals surface area contributed by atoms with E-state index in [-0.39, 0.29) is 40.7 Å². The first-order valence-corrected chi connectivity index (χ1v) is 10.3. The molecule has 1 saturated heterocycles. The van der Waals surface area contributed by atoms with E-state index in [1.165, 1.54) is 17.9 Å². The summed E-state index contributed by atoms with van der Waals surface area (Å²) >= 11 is 0. The molecule has 0 unspecified atom stereocenters. The molecule has 3 fully saturated rings. The lowest BCUT2D eigenvalue weighted by Gasteiger charge is -2.19. The largest absolute Gasteiger partial charge is 0.422 e. The molecule has 2 saturated carbocycles. The average molecular weight is 403 g/mol. The van der Waals surface area contributed by atoms with Gasteiger partial charge in [-0.2, -0.15) is 0 Å². The highest BCUT2D eigenvalue weighted by molar-refractivity contribution is 6.22. The molecule has 0 radical (unpaired) electrons. The molecule has 30 heavy (non-hydrogen) atoms. The van der Waals surface area contributed by atoms with Gasteiger partial charge in [-0.15, -0.1) is 0 Å². The van der Waals surface area contributed by atoms with E-state index in [1.54, 1.807) is 42.5 Å². The van der Waals surface area contributed by atoms with Crippen molar-refractivity contribution in [2.24, 2.45) is 23.7 Å². The highest BCUT2D eigenvalue weighted by atomic mass is 16.5. The van der Waals surface area contributed by atoms with Crippen molar-refractivity contribution in [3.05, 3.63) is 59.7 Å². The third-order valence-corrected chi connectivity index (χ3v) is 6.74. The Kier molecular flexibility index (Phi) is 4.31. The van der Waals surface area contributed by atoms with Crippen LogP contribution in [-0.2, 0) is 9.59 Å². The third kappa shape index (κ3) is 2.78. The van der Waals surface area contributed by atoms with Crippen LogP contribution in [0, 0.1) is 23.7 Å². The first kappa shape index (κ1) is 18.7. The van der Waals surface area contributed by atoms with Gasteiger partial charge in [0.15, 0.2) is 5.78 Å². The number of ketones is 1. The number of carbonyl (C=O) groups is 4. The molecular formula is C24H21NO5. The van der Waals surface area contributed by atoms with Crippen molar-refractivity contribution in [2.45, 2.75) is 26.2 Å². The molecule has 2 bridgehead atoms. The minimum Gasteiger partial charge on any atom is -0.422 e. The Morgan fingerprint density at radius 3 is 2.27 bits per heavy atom. The number of Topliss-reactive ketones (excluding diaryl/α,β-unsaturated/α-hetero) is 1. The van der Waals surface area contributed by atoms with Crippen LogP contribution in [-0.4, -0.2) is 23.6 Å². The zero-order valence-electron chi connectivity index (χ0n) is 16.5. The number of hydrogen-bond acceptors (Lipinski definition) is 5. The number of benzene rings is 2. The van der Waals surface area contributed by atoms with Crippen LogP contribution in [0.4, 0.5) is 5.69 Å². The molecule has 1 heterocycles. The van der Waals surface area contributed by atoms with Crippen LogP contribution in [0.5, 0.6) is 5.75 Å². The van der Waals surface area contributed by atoms with E-state index >= 15 is 0 Å². The molecule has 2 aromatic rings. The van der Waals surface area contributed by atoms with Crippen molar-refractivity contribution in [3.8, 4) is 5.75 Å². The van der Waals surface area contributed by atoms with Gasteiger partial charge in [0.2, 0.25) is 11.8 Å². The standard InChI is InChI=1S/C24H21NO5/c1-13(26)18-7-2-3-8-19(18)30-24(29)16-5-4-6-17(12-16)25-22(27)20-14-9-10-15(11-14)21(20)23(25)28/h2-8,12,14-15,20-21H,9-11H2,1H3/t14-,15-,20-,21+/m0/s1. The Morgan fingerprint density at radius 1 is 0.933 bits per heavy atom. The van der Waals surface area contributed by atoms with Gasteiger partial charge in [-0.1, -0.05) is 18.2 Å². The number of nitrogens with zero attached hydrogens (tertiary/aromatic N) is 1. The maximum Gasteiger partial charge on any atom is 0.343 e. The van der Waals surface area contributed by atoms with Gasteiger partial charge in [-0.05, 0) is 68.4 Å². The molecular weight excluding hydrogens is 382 g/mol. The zero-order valence-corrected chi connectivity index (χ0v) is 16.5. The van der Waals surface area contributed by atoms with Crippen molar-refractivity contribution in [1.82, 2.24) is 0 Å². The van der Waals surface area contributed by atoms with Crippen LogP contribution < -0.4 is 9.64 Å². The molecule has 6 nitrogen and oxygen atoms in total. The summed E-state index contributed by atoms with van der Waals surface area (Å²) in [6, 6.07) is 12.9. The first-order valence-electron chi connectivity index (χ1n) is 10.3. The van der Waals surface area contributed by atoms with E-state index in [9.17, 15) is 19.2 Å². The molecule has 152 valence electrons. The number of fused-ring (bicyclic) bond motifs is 5. The van der Waals surface area contributed by atoms with Crippen molar-refractivity contribution in [1.29, 1.82) is 0 Å². The fourth-order valence-corrected chi connectivity index (χ4v) is 5.44. The van der Waals surface area contributed by atoms with E-state index in [0.29, 0.717) is 23.1 Å². The number of rotatable bonds is 4. The number of esters is 1. The van der Waals surface area contributed by atoms with Crippen LogP contribution in [0.25, 0.3) is 0 Å². The van der Waals surface area contributed by atoms with Crippen molar-refractivity contribution < 1.29 is 23.9 Å². The second-order valence-electron chi connectivity index (χ2n) is 8.39. The molecule has 0 N–H and O–H groups in total. The highest BCUT2D eigenvalue weighted by Gasteiger charge is 2.61. The Balaban J connectivity index is 1.41. The number of ether oxygens (including phenoxy) is 1. The predicted octanol–water partition coefficient (Wildman–Crippen LogP) is 3.64. The fraction of sp³-hybridized carbons (Fsp3) is 0.333. The fourth-order valence-electron chi connectivity index (χ4n) is 5.44. The van der Waals surface area contributed by atoms with E-state index in [1.807, 2.05) is 0 Å². The summed E-state index contributed by atoms with van der Waals surface area (Å²) in [6.07, 6.45) is 3.00. The van der Waals surface area contributed by atoms with Crippen molar-refractivity contribution in [3.63, 3.8) is 0 Å². The molecule has 2 amide bonds. The van der Waals surface area contributed by atoms with Crippen LogP contribution in [0.15, 0.2) is 48.5 Å². The van der Waals surface area contributed by atoms with Crippen LogP contribution in [0.3, 0.4) is 0 Å². The Bertz CT molecular complexity index is 1060. The number of carbonyl (C=O) groups excluding carboxylic acids is 4. The van der Waals surface area contributed by atoms with Crippen molar-refractivity contribution >= 4 is 29.3 Å². The van der Waals surface area contributed by atoms with Crippen molar-refractivity contribution in [2.75, 3.05) is 4.90 Å². The van der Waals surface area contributed by atoms with Crippen LogP contribution >= 0.6 is 0 Å². The average Bonchev–Trinajstić information content (AvgIpc) is 3.42. The van der Waals surface area contributed by atoms with Gasteiger partial charge in [0.1, 0.15) is 5.75 Å². The number of imide groups is 1. The van der Waals surface area contributed by atoms with Crippen LogP contribution in [0.2, 0.25) is 0 Å². The van der Waals surface area contributed by atoms with E-state index in [4.69, 9.17) is 4.74 Å². The lowest BCUT2D eigenvalue weighted by Crippen LogP contribution is -2.32. The minimum atomic E-state index is -0.648. The van der Waals surface area contributed by atoms with E-state index in [0.717, 1.165) is 19.3 Å². The number of para-hydroxylation sites is 1. The van der Waals surface area contributed by atoms with Gasteiger partial charge in [0.05, 0.1) is 28.7 Å². The molecule has 3 aliphatic rings. The van der Waals surface area contributed by atoms with Gasteiger partial charge in [0.25, 0.3) is 0 Å². The lowest BCUT2D eigenvalue weighted by atomic mass is 9.81. The van der Waals surface area contributed by atoms with Gasteiger partial charge in [0, 0.05) is 0 Å². The summed E-state index contributed by atoms with van der Waals surface area (Å²) in [5.41, 5.74) is 0.926. The quantitative estimate of drug-likeness (QED) is 0.337. The maximum atomic E-state index is 13.0. The normalized spacial score (nSPS) is 26.8. The molecule has 0 spiro atoms. The Morgan fingerprint density at radius 2 is 1.60 bits per heavy atom. The second kappa shape index (κ2) is 6.90. The van der Waals surface area contributed by atoms with Crippen LogP contribution in [0.1, 0.15) is 46.9 Å². The molecule has 2 aliphatic carbocycles. The smallest absolute Gasteiger partial charge is 0.343 e. The number of anilines is 1. The summed E-state index contributed by atoms with van der Waals surface area (Å²) < 4.78 is 5.43. The molecule has 1 aliphatic heterocycles. The monoisotopic (exact) mass is 403 g/mol. The summed E-state index contributed by atoms with van der Waals surface area (Å²) in [5.74, 6) is -0.792. The second-order valence-corrected chi connectivity index (χ2v) is 8.39. The van der Waals surface area contributed by atoms with Gasteiger partial charge < -0.3 is 4.74 Å². The molecule has 5 rings (SSSR count). The molecule has 2 aromatic carbocycles. The Labute approximate surface area is 173 Å². The zero-order chi connectivity index (χ0) is 21.0. The van der Waals surface area contributed by atoms with Gasteiger partial charge in [-0.25, -0.2) is 4.79 Å². The topological polar surface area (TPSA) is 80.8 Å². The summed E-state index contributed by atoms with van der Waals surface area (Å²) in [5, 5.41) is 0. The Hall–Kier alpha value is -3.28. The van der Waals surface area contributed by atoms with Gasteiger partial charge >= 0.3 is 5.97 Å². The maximum absolute atomic E-state index is 13.0. The number of hydrogen-bond donors (Lipinski definition) is 0. The minimum absolute atomic E-state index is 0.148. The molecule has 0 aromatic heterocycles. The lowest BCUT2D eigenvalue weighted by molar-refractivity contribution is -0.123. The summed E-state index contributed by atoms with van der Waals surface area (Å²) in [4.78, 5) is 51.8. The highest BCUT2D eigenvalue weighted by Crippen LogP contribution is 2.56. The van der Waals surface area contributed by atoms with E-state index in [2.05, 4.69) is 0 Å². The third-order valence-electron chi connectivity index (χ3n) is 6.74. The van der Waals surface area contributed by atoms with Gasteiger partial charge in [-0.3, -0.25) is 19.3 Å². The summed E-state index contributed by atoms with van der Waals surface area (Å²) in [6.45, 7) is 1.40. The molecule has 4 atom stereocenters. The molecule has 6 heteroatoms. The summed E-state index contributed by atoms with van der Waals surface area (Å²) in [7, 11) is 0. The number of amides is 2. The first-order chi connectivity index (χ1) is 14.5.